The highest BCUT2D eigenvalue weighted by Gasteiger charge is 2.19. The van der Waals surface area contributed by atoms with Crippen molar-refractivity contribution in [2.24, 2.45) is 0 Å². The Kier molecular flexibility index (Phi) is 4.89. The highest BCUT2D eigenvalue weighted by atomic mass is 19.3. The summed E-state index contributed by atoms with van der Waals surface area (Å²) in [6.45, 7) is -2.30. The van der Waals surface area contributed by atoms with Gasteiger partial charge < -0.3 is 4.74 Å². The highest BCUT2D eigenvalue weighted by molar-refractivity contribution is 5.85. The molecule has 0 saturated carbocycles. The van der Waals surface area contributed by atoms with Crippen LogP contribution in [-0.4, -0.2) is 21.0 Å². The van der Waals surface area contributed by atoms with Crippen LogP contribution in [0.4, 0.5) is 8.78 Å². The molecule has 28 heavy (non-hydrogen) atoms. The molecule has 4 aromatic rings. The summed E-state index contributed by atoms with van der Waals surface area (Å²) in [4.78, 5) is 17.1. The van der Waals surface area contributed by atoms with Gasteiger partial charge in [0.15, 0.2) is 0 Å². The third-order valence-corrected chi connectivity index (χ3v) is 4.49. The summed E-state index contributed by atoms with van der Waals surface area (Å²) in [5, 5.41) is 0.146. The average molecular weight is 381 g/mol. The van der Waals surface area contributed by atoms with E-state index in [1.807, 2.05) is 42.5 Å². The van der Waals surface area contributed by atoms with Crippen LogP contribution in [0.2, 0.25) is 0 Å². The third-order valence-electron chi connectivity index (χ3n) is 4.49. The van der Waals surface area contributed by atoms with Crippen LogP contribution in [0.5, 0.6) is 5.75 Å². The van der Waals surface area contributed by atoms with Gasteiger partial charge in [-0.2, -0.15) is 8.78 Å². The average Bonchev–Trinajstić information content (AvgIpc) is 2.96. The second kappa shape index (κ2) is 7.64. The lowest BCUT2D eigenvalue weighted by atomic mass is 10.2. The van der Waals surface area contributed by atoms with Crippen molar-refractivity contribution in [3.63, 3.8) is 0 Å². The summed E-state index contributed by atoms with van der Waals surface area (Å²) in [6.07, 6.45) is 3.30. The van der Waals surface area contributed by atoms with Gasteiger partial charge in [0.2, 0.25) is 0 Å². The molecule has 0 atom stereocenters. The fourth-order valence-corrected chi connectivity index (χ4v) is 3.26. The van der Waals surface area contributed by atoms with E-state index in [0.717, 1.165) is 11.1 Å². The number of ether oxygens (including phenoxy) is 1. The van der Waals surface area contributed by atoms with Crippen molar-refractivity contribution in [2.45, 2.75) is 19.7 Å². The summed E-state index contributed by atoms with van der Waals surface area (Å²) in [6, 6.07) is 18.0. The molecule has 0 amide bonds. The van der Waals surface area contributed by atoms with Gasteiger partial charge >= 0.3 is 6.61 Å². The molecule has 2 aromatic carbocycles. The van der Waals surface area contributed by atoms with Crippen LogP contribution < -0.4 is 10.3 Å². The van der Waals surface area contributed by atoms with Gasteiger partial charge in [-0.15, -0.1) is 0 Å². The Balaban J connectivity index is 1.90. The van der Waals surface area contributed by atoms with Crippen molar-refractivity contribution < 1.29 is 13.5 Å². The van der Waals surface area contributed by atoms with Gasteiger partial charge in [-0.3, -0.25) is 14.5 Å². The Morgan fingerprint density at radius 2 is 1.54 bits per heavy atom. The molecule has 2 aromatic heterocycles. The number of rotatable bonds is 6. The zero-order chi connectivity index (χ0) is 19.5. The minimum absolute atomic E-state index is 0.118. The number of hydrogen-bond donors (Lipinski definition) is 0. The second-order valence-corrected chi connectivity index (χ2v) is 6.29. The minimum Gasteiger partial charge on any atom is -0.434 e. The molecule has 0 radical (unpaired) electrons. The van der Waals surface area contributed by atoms with Crippen LogP contribution in [0.25, 0.3) is 10.9 Å². The molecule has 4 rings (SSSR count). The maximum absolute atomic E-state index is 13.1. The molecular formula is C21H17F2N3O2. The molecule has 0 bridgehead atoms. The lowest BCUT2D eigenvalue weighted by Gasteiger charge is -2.13. The van der Waals surface area contributed by atoms with Crippen molar-refractivity contribution in [3.8, 4) is 5.75 Å². The van der Waals surface area contributed by atoms with Gasteiger partial charge in [-0.05, 0) is 35.4 Å². The van der Waals surface area contributed by atoms with Crippen LogP contribution in [0.3, 0.4) is 0 Å². The highest BCUT2D eigenvalue weighted by Crippen LogP contribution is 2.26. The molecule has 0 saturated heterocycles. The Morgan fingerprint density at radius 1 is 0.857 bits per heavy atom. The summed E-state index contributed by atoms with van der Waals surface area (Å²) in [7, 11) is 0. The topological polar surface area (TPSA) is 49.0 Å². The number of benzene rings is 2. The number of aromatic nitrogens is 3. The SMILES string of the molecule is O=c1c2c(OC(F)F)cccc2n(Cc2ccccc2)n1Cc1ccncc1. The zero-order valence-electron chi connectivity index (χ0n) is 14.8. The number of fused-ring (bicyclic) bond motifs is 1. The van der Waals surface area contributed by atoms with Gasteiger partial charge in [0, 0.05) is 12.4 Å². The molecule has 0 fully saturated rings. The van der Waals surface area contributed by atoms with E-state index in [0.29, 0.717) is 12.1 Å². The number of nitrogens with zero attached hydrogens (tertiary/aromatic N) is 3. The first kappa shape index (κ1) is 17.9. The van der Waals surface area contributed by atoms with Crippen LogP contribution in [0, 0.1) is 0 Å². The van der Waals surface area contributed by atoms with E-state index in [2.05, 4.69) is 9.72 Å². The van der Waals surface area contributed by atoms with Gasteiger partial charge in [0.25, 0.3) is 5.56 Å². The van der Waals surface area contributed by atoms with Gasteiger partial charge in [0.05, 0.1) is 18.6 Å². The van der Waals surface area contributed by atoms with Crippen molar-refractivity contribution in [1.29, 1.82) is 0 Å². The normalized spacial score (nSPS) is 11.2. The Morgan fingerprint density at radius 3 is 2.25 bits per heavy atom. The van der Waals surface area contributed by atoms with E-state index in [1.54, 1.807) is 33.9 Å². The Hall–Kier alpha value is -3.48. The molecular weight excluding hydrogens is 364 g/mol. The maximum Gasteiger partial charge on any atom is 0.387 e. The van der Waals surface area contributed by atoms with Crippen molar-refractivity contribution in [3.05, 3.63) is 94.5 Å². The monoisotopic (exact) mass is 381 g/mol. The third kappa shape index (κ3) is 3.51. The molecule has 0 spiro atoms. The minimum atomic E-state index is -3.00. The van der Waals surface area contributed by atoms with E-state index in [9.17, 15) is 13.6 Å². The van der Waals surface area contributed by atoms with E-state index >= 15 is 0 Å². The number of halogens is 2. The van der Waals surface area contributed by atoms with E-state index < -0.39 is 6.61 Å². The van der Waals surface area contributed by atoms with E-state index in [-0.39, 0.29) is 23.2 Å². The molecule has 7 heteroatoms. The Bertz CT molecular complexity index is 1140. The molecule has 2 heterocycles. The fraction of sp³-hybridized carbons (Fsp3) is 0.143. The van der Waals surface area contributed by atoms with Crippen molar-refractivity contribution >= 4 is 10.9 Å². The molecule has 0 aliphatic rings. The lowest BCUT2D eigenvalue weighted by Crippen LogP contribution is -2.24. The molecule has 142 valence electrons. The second-order valence-electron chi connectivity index (χ2n) is 6.29. The molecule has 0 unspecified atom stereocenters. The quantitative estimate of drug-likeness (QED) is 0.509. The van der Waals surface area contributed by atoms with E-state index in [4.69, 9.17) is 0 Å². The molecule has 0 aliphatic carbocycles. The van der Waals surface area contributed by atoms with Crippen LogP contribution in [-0.2, 0) is 13.1 Å². The number of alkyl halides is 2. The van der Waals surface area contributed by atoms with Gasteiger partial charge in [0.1, 0.15) is 11.1 Å². The molecule has 0 N–H and O–H groups in total. The first-order valence-electron chi connectivity index (χ1n) is 8.73. The predicted octanol–water partition coefficient (Wildman–Crippen LogP) is 3.90. The first-order chi connectivity index (χ1) is 13.6. The molecule has 0 aliphatic heterocycles. The van der Waals surface area contributed by atoms with Crippen LogP contribution in [0.1, 0.15) is 11.1 Å². The van der Waals surface area contributed by atoms with Gasteiger partial charge in [-0.1, -0.05) is 36.4 Å². The first-order valence-corrected chi connectivity index (χ1v) is 8.73. The smallest absolute Gasteiger partial charge is 0.387 e. The summed E-state index contributed by atoms with van der Waals surface area (Å²) in [5.74, 6) is -0.118. The van der Waals surface area contributed by atoms with Gasteiger partial charge in [-0.25, -0.2) is 4.68 Å². The maximum atomic E-state index is 13.1. The van der Waals surface area contributed by atoms with Crippen LogP contribution >= 0.6 is 0 Å². The van der Waals surface area contributed by atoms with Crippen molar-refractivity contribution in [1.82, 2.24) is 14.3 Å². The summed E-state index contributed by atoms with van der Waals surface area (Å²) >= 11 is 0. The molecule has 5 nitrogen and oxygen atoms in total. The Labute approximate surface area is 159 Å². The van der Waals surface area contributed by atoms with Crippen LogP contribution in [0.15, 0.2) is 77.9 Å². The standard InChI is InChI=1S/C21H17F2N3O2/c22-21(23)28-18-8-4-7-17-19(18)20(27)26(14-16-9-11-24-12-10-16)25(17)13-15-5-2-1-3-6-15/h1-12,21H,13-14H2. The van der Waals surface area contributed by atoms with E-state index in [1.165, 1.54) is 6.07 Å². The largest absolute Gasteiger partial charge is 0.434 e. The lowest BCUT2D eigenvalue weighted by molar-refractivity contribution is -0.0488. The number of hydrogen-bond acceptors (Lipinski definition) is 3. The van der Waals surface area contributed by atoms with Crippen molar-refractivity contribution in [2.75, 3.05) is 0 Å². The summed E-state index contributed by atoms with van der Waals surface area (Å²) in [5.41, 5.74) is 2.04. The predicted molar refractivity (Wildman–Crippen MR) is 102 cm³/mol. The fourth-order valence-electron chi connectivity index (χ4n) is 3.26. The summed E-state index contributed by atoms with van der Waals surface area (Å²) < 4.78 is 33.6. The zero-order valence-corrected chi connectivity index (χ0v) is 14.8. The number of pyridine rings is 1.